The zero-order valence-electron chi connectivity index (χ0n) is 13.7. The lowest BCUT2D eigenvalue weighted by Crippen LogP contribution is -2.57. The molecule has 1 aromatic heterocycles. The maximum Gasteiger partial charge on any atom is 0.328 e. The lowest BCUT2D eigenvalue weighted by Gasteiger charge is -2.28. The van der Waals surface area contributed by atoms with Gasteiger partial charge in [0.25, 0.3) is 5.69 Å². The van der Waals surface area contributed by atoms with E-state index >= 15 is 0 Å². The van der Waals surface area contributed by atoms with E-state index in [2.05, 4.69) is 0 Å². The highest BCUT2D eigenvalue weighted by molar-refractivity contribution is 7.12. The fourth-order valence-electron chi connectivity index (χ4n) is 2.93. The minimum Gasteiger partial charge on any atom is -0.293 e. The van der Waals surface area contributed by atoms with Crippen LogP contribution in [0.2, 0.25) is 0 Å². The van der Waals surface area contributed by atoms with E-state index in [-0.39, 0.29) is 17.9 Å². The number of benzene rings is 1. The molecule has 2 aromatic rings. The molecule has 2 N–H and O–H groups in total. The Bertz CT molecular complexity index is 920. The van der Waals surface area contributed by atoms with E-state index in [1.807, 2.05) is 10.6 Å². The summed E-state index contributed by atoms with van der Waals surface area (Å²) in [5.74, 6) is -4.33. The number of amides is 4. The molecular weight excluding hydrogens is 374 g/mol. The highest BCUT2D eigenvalue weighted by Gasteiger charge is 2.42. The Hall–Kier alpha value is -3.40. The van der Waals surface area contributed by atoms with Gasteiger partial charge in [-0.15, -0.1) is 11.3 Å². The molecule has 1 unspecified atom stereocenters. The first-order chi connectivity index (χ1) is 12.9. The van der Waals surface area contributed by atoms with Gasteiger partial charge in [0.15, 0.2) is 5.78 Å². The van der Waals surface area contributed by atoms with Crippen molar-refractivity contribution in [1.29, 1.82) is 0 Å². The van der Waals surface area contributed by atoms with Crippen molar-refractivity contribution >= 4 is 40.7 Å². The maximum absolute atomic E-state index is 12.6. The van der Waals surface area contributed by atoms with Crippen molar-refractivity contribution < 1.29 is 24.1 Å². The Morgan fingerprint density at radius 2 is 1.85 bits per heavy atom. The van der Waals surface area contributed by atoms with Gasteiger partial charge in [0.2, 0.25) is 11.8 Å². The minimum absolute atomic E-state index is 0.221. The third-order valence-corrected chi connectivity index (χ3v) is 5.06. The van der Waals surface area contributed by atoms with E-state index in [1.165, 1.54) is 35.6 Å². The quantitative estimate of drug-likeness (QED) is 0.337. The first-order valence-corrected chi connectivity index (χ1v) is 8.71. The first-order valence-electron chi connectivity index (χ1n) is 7.83. The van der Waals surface area contributed by atoms with Crippen LogP contribution < -0.4 is 10.6 Å². The van der Waals surface area contributed by atoms with Gasteiger partial charge in [0, 0.05) is 24.5 Å². The molecule has 138 valence electrons. The lowest BCUT2D eigenvalue weighted by molar-refractivity contribution is -0.384. The molecule has 0 bridgehead atoms. The van der Waals surface area contributed by atoms with Crippen molar-refractivity contribution in [3.05, 3.63) is 62.3 Å². The molecule has 1 atom stereocenters. The second-order valence-electron chi connectivity index (χ2n) is 5.85. The van der Waals surface area contributed by atoms with Gasteiger partial charge in [-0.2, -0.15) is 0 Å². The molecule has 3 rings (SSSR count). The smallest absolute Gasteiger partial charge is 0.293 e. The summed E-state index contributed by atoms with van der Waals surface area (Å²) in [6.45, 7) is 0. The van der Waals surface area contributed by atoms with Crippen LogP contribution in [0.15, 0.2) is 41.8 Å². The number of urea groups is 1. The SMILES string of the molecule is O=C1NC(=O)C(C(CC(=O)c2cccs2)c2cccc([N+](=O)[O-])c2)C(=O)N1. The average molecular weight is 387 g/mol. The fraction of sp³-hybridized carbons (Fsp3) is 0.176. The molecule has 0 aliphatic carbocycles. The zero-order chi connectivity index (χ0) is 19.6. The van der Waals surface area contributed by atoms with Gasteiger partial charge in [-0.3, -0.25) is 35.1 Å². The summed E-state index contributed by atoms with van der Waals surface area (Å²) < 4.78 is 0. The number of carbonyl (C=O) groups excluding carboxylic acids is 4. The third kappa shape index (κ3) is 3.90. The second-order valence-corrected chi connectivity index (χ2v) is 6.80. The normalized spacial score (nSPS) is 15.8. The average Bonchev–Trinajstić information content (AvgIpc) is 3.14. The van der Waals surface area contributed by atoms with Crippen LogP contribution in [0.4, 0.5) is 10.5 Å². The Morgan fingerprint density at radius 1 is 1.15 bits per heavy atom. The van der Waals surface area contributed by atoms with Crippen LogP contribution in [0.1, 0.15) is 27.6 Å². The number of rotatable bonds is 6. The second kappa shape index (κ2) is 7.46. The standard InChI is InChI=1S/C17H13N3O6S/c21-12(13-5-2-6-27-13)8-11(9-3-1-4-10(7-9)20(25)26)14-15(22)18-17(24)19-16(14)23/h1-7,11,14H,8H2,(H2,18,19,22,23,24). The molecule has 4 amide bonds. The number of hydrogen-bond acceptors (Lipinski definition) is 7. The number of carbonyl (C=O) groups is 4. The predicted molar refractivity (Wildman–Crippen MR) is 94.3 cm³/mol. The van der Waals surface area contributed by atoms with Crippen LogP contribution in [-0.4, -0.2) is 28.6 Å². The molecule has 0 saturated carbocycles. The largest absolute Gasteiger partial charge is 0.328 e. The molecule has 10 heteroatoms. The fourth-order valence-corrected chi connectivity index (χ4v) is 3.61. The van der Waals surface area contributed by atoms with Gasteiger partial charge in [0.05, 0.1) is 9.80 Å². The summed E-state index contributed by atoms with van der Waals surface area (Å²) in [6, 6.07) is 7.79. The number of nitrogens with zero attached hydrogens (tertiary/aromatic N) is 1. The lowest BCUT2D eigenvalue weighted by atomic mass is 9.80. The molecule has 1 aliphatic heterocycles. The van der Waals surface area contributed by atoms with E-state index in [1.54, 1.807) is 17.5 Å². The molecular formula is C17H13N3O6S. The number of nitrogens with one attached hydrogen (secondary N) is 2. The van der Waals surface area contributed by atoms with Gasteiger partial charge in [-0.25, -0.2) is 4.79 Å². The molecule has 0 radical (unpaired) electrons. The number of non-ortho nitro benzene ring substituents is 1. The van der Waals surface area contributed by atoms with Gasteiger partial charge >= 0.3 is 6.03 Å². The highest BCUT2D eigenvalue weighted by Crippen LogP contribution is 2.33. The summed E-state index contributed by atoms with van der Waals surface area (Å²) in [5, 5.41) is 16.8. The topological polar surface area (TPSA) is 135 Å². The summed E-state index contributed by atoms with van der Waals surface area (Å²) in [4.78, 5) is 59.4. The van der Waals surface area contributed by atoms with Crippen LogP contribution >= 0.6 is 11.3 Å². The number of nitro groups is 1. The van der Waals surface area contributed by atoms with Crippen LogP contribution in [0.5, 0.6) is 0 Å². The predicted octanol–water partition coefficient (Wildman–Crippen LogP) is 2.00. The van der Waals surface area contributed by atoms with Crippen LogP contribution in [0, 0.1) is 16.0 Å². The molecule has 1 saturated heterocycles. The molecule has 9 nitrogen and oxygen atoms in total. The van der Waals surface area contributed by atoms with Gasteiger partial charge < -0.3 is 0 Å². The number of nitro benzene ring substituents is 1. The Kier molecular flexibility index (Phi) is 5.08. The monoisotopic (exact) mass is 387 g/mol. The van der Waals surface area contributed by atoms with E-state index in [0.29, 0.717) is 10.4 Å². The zero-order valence-corrected chi connectivity index (χ0v) is 14.5. The van der Waals surface area contributed by atoms with Crippen molar-refractivity contribution in [3.8, 4) is 0 Å². The molecule has 1 aromatic carbocycles. The molecule has 0 spiro atoms. The summed E-state index contributed by atoms with van der Waals surface area (Å²) >= 11 is 1.21. The molecule has 27 heavy (non-hydrogen) atoms. The number of imide groups is 2. The Labute approximate surface area is 156 Å². The van der Waals surface area contributed by atoms with Gasteiger partial charge in [-0.05, 0) is 17.0 Å². The Morgan fingerprint density at radius 3 is 2.44 bits per heavy atom. The summed E-state index contributed by atoms with van der Waals surface area (Å²) in [6.07, 6.45) is -0.221. The van der Waals surface area contributed by atoms with Crippen molar-refractivity contribution in [2.75, 3.05) is 0 Å². The third-order valence-electron chi connectivity index (χ3n) is 4.15. The summed E-state index contributed by atoms with van der Waals surface area (Å²) in [5.41, 5.74) is 0.0625. The van der Waals surface area contributed by atoms with E-state index in [0.717, 1.165) is 0 Å². The highest BCUT2D eigenvalue weighted by atomic mass is 32.1. The molecule has 1 fully saturated rings. The van der Waals surface area contributed by atoms with E-state index < -0.39 is 34.6 Å². The van der Waals surface area contributed by atoms with Gasteiger partial charge in [0.1, 0.15) is 5.92 Å². The van der Waals surface area contributed by atoms with Crippen molar-refractivity contribution in [1.82, 2.24) is 10.6 Å². The van der Waals surface area contributed by atoms with Crippen molar-refractivity contribution in [2.24, 2.45) is 5.92 Å². The number of hydrogen-bond donors (Lipinski definition) is 2. The van der Waals surface area contributed by atoms with Crippen molar-refractivity contribution in [2.45, 2.75) is 12.3 Å². The van der Waals surface area contributed by atoms with Crippen LogP contribution in [0.25, 0.3) is 0 Å². The number of ketones is 1. The number of thiophene rings is 1. The van der Waals surface area contributed by atoms with Crippen LogP contribution in [0.3, 0.4) is 0 Å². The maximum atomic E-state index is 12.6. The minimum atomic E-state index is -1.37. The molecule has 2 heterocycles. The Balaban J connectivity index is 2.00. The summed E-state index contributed by atoms with van der Waals surface area (Å²) in [7, 11) is 0. The number of barbiturate groups is 1. The van der Waals surface area contributed by atoms with E-state index in [4.69, 9.17) is 0 Å². The van der Waals surface area contributed by atoms with Gasteiger partial charge in [-0.1, -0.05) is 18.2 Å². The van der Waals surface area contributed by atoms with Crippen LogP contribution in [-0.2, 0) is 9.59 Å². The van der Waals surface area contributed by atoms with E-state index in [9.17, 15) is 29.3 Å². The first kappa shape index (κ1) is 18.4. The molecule has 1 aliphatic rings. The van der Waals surface area contributed by atoms with Crippen molar-refractivity contribution in [3.63, 3.8) is 0 Å². The number of Topliss-reactive ketones (excluding diaryl/α,β-unsaturated/α-hetero) is 1.